The van der Waals surface area contributed by atoms with Crippen molar-refractivity contribution in [1.82, 2.24) is 15.5 Å². The second kappa shape index (κ2) is 7.63. The number of nitrogens with one attached hydrogen (secondary N) is 2. The number of urea groups is 1. The van der Waals surface area contributed by atoms with Crippen LogP contribution in [0.15, 0.2) is 35.0 Å². The number of imide groups is 1. The Balaban J connectivity index is 1.42. The third kappa shape index (κ3) is 3.67. The first-order valence-corrected chi connectivity index (χ1v) is 10.9. The number of fused-ring (bicyclic) bond motifs is 1. The molecule has 2 atom stereocenters. The predicted octanol–water partition coefficient (Wildman–Crippen LogP) is 3.27. The molecule has 2 N–H and O–H groups in total. The van der Waals surface area contributed by atoms with Crippen molar-refractivity contribution >= 4 is 29.2 Å². The zero-order valence-electron chi connectivity index (χ0n) is 16.7. The van der Waals surface area contributed by atoms with Crippen molar-refractivity contribution in [2.45, 2.75) is 51.1 Å². The van der Waals surface area contributed by atoms with Gasteiger partial charge in [0, 0.05) is 0 Å². The first-order valence-electron chi connectivity index (χ1n) is 9.96. The molecule has 1 fully saturated rings. The zero-order chi connectivity index (χ0) is 20.6. The number of nitrogens with zero attached hydrogens (tertiary/aromatic N) is 1. The van der Waals surface area contributed by atoms with E-state index in [1.807, 2.05) is 23.8 Å². The third-order valence-corrected chi connectivity index (χ3v) is 6.61. The average Bonchev–Trinajstić information content (AvgIpc) is 3.32. The second-order valence-corrected chi connectivity index (χ2v) is 8.76. The SMILES string of the molecule is CC(NC(=O)CN1C(=O)NC(C)(c2ccsc2)C1=O)c1ccc2c(c1)CCCC2. The minimum atomic E-state index is -1.12. The molecular formula is C22H25N3O3S. The van der Waals surface area contributed by atoms with Crippen LogP contribution in [0.1, 0.15) is 55.0 Å². The summed E-state index contributed by atoms with van der Waals surface area (Å²) < 4.78 is 0. The van der Waals surface area contributed by atoms with Gasteiger partial charge < -0.3 is 10.6 Å². The van der Waals surface area contributed by atoms with E-state index >= 15 is 0 Å². The summed E-state index contributed by atoms with van der Waals surface area (Å²) in [5.41, 5.74) is 3.40. The van der Waals surface area contributed by atoms with Crippen LogP contribution in [0, 0.1) is 0 Å². The molecule has 0 spiro atoms. The third-order valence-electron chi connectivity index (χ3n) is 5.93. The molecule has 4 rings (SSSR count). The van der Waals surface area contributed by atoms with Gasteiger partial charge in [0.15, 0.2) is 0 Å². The smallest absolute Gasteiger partial charge is 0.325 e. The highest BCUT2D eigenvalue weighted by Crippen LogP contribution is 2.30. The quantitative estimate of drug-likeness (QED) is 0.741. The minimum Gasteiger partial charge on any atom is -0.348 e. The highest BCUT2D eigenvalue weighted by molar-refractivity contribution is 7.08. The highest BCUT2D eigenvalue weighted by atomic mass is 32.1. The normalized spacial score (nSPS) is 22.2. The van der Waals surface area contributed by atoms with E-state index in [1.165, 1.54) is 35.3 Å². The van der Waals surface area contributed by atoms with Crippen molar-refractivity contribution in [2.24, 2.45) is 0 Å². The largest absolute Gasteiger partial charge is 0.348 e. The van der Waals surface area contributed by atoms with Gasteiger partial charge in [0.05, 0.1) is 6.04 Å². The molecular weight excluding hydrogens is 386 g/mol. The van der Waals surface area contributed by atoms with Crippen LogP contribution in [-0.4, -0.2) is 29.3 Å². The Bertz CT molecular complexity index is 956. The lowest BCUT2D eigenvalue weighted by Gasteiger charge is -2.22. The summed E-state index contributed by atoms with van der Waals surface area (Å²) in [5, 5.41) is 9.33. The van der Waals surface area contributed by atoms with Gasteiger partial charge in [-0.15, -0.1) is 0 Å². The molecule has 4 amide bonds. The van der Waals surface area contributed by atoms with Crippen molar-refractivity contribution in [2.75, 3.05) is 6.54 Å². The first kappa shape index (κ1) is 19.6. The molecule has 1 aromatic carbocycles. The number of carbonyl (C=O) groups excluding carboxylic acids is 3. The average molecular weight is 412 g/mol. The van der Waals surface area contributed by atoms with Crippen LogP contribution >= 0.6 is 11.3 Å². The molecule has 0 saturated carbocycles. The number of thiophene rings is 1. The molecule has 1 aliphatic carbocycles. The van der Waals surface area contributed by atoms with E-state index in [-0.39, 0.29) is 18.5 Å². The molecule has 2 aromatic rings. The second-order valence-electron chi connectivity index (χ2n) is 7.98. The molecule has 2 heterocycles. The number of rotatable bonds is 5. The van der Waals surface area contributed by atoms with Crippen LogP contribution in [-0.2, 0) is 28.0 Å². The summed E-state index contributed by atoms with van der Waals surface area (Å²) in [4.78, 5) is 38.8. The Labute approximate surface area is 174 Å². The number of amides is 4. The summed E-state index contributed by atoms with van der Waals surface area (Å²) in [5.74, 6) is -0.759. The number of carbonyl (C=O) groups is 3. The summed E-state index contributed by atoms with van der Waals surface area (Å²) >= 11 is 1.46. The summed E-state index contributed by atoms with van der Waals surface area (Å²) in [6.07, 6.45) is 4.63. The molecule has 0 bridgehead atoms. The van der Waals surface area contributed by atoms with Crippen molar-refractivity contribution in [3.63, 3.8) is 0 Å². The fourth-order valence-electron chi connectivity index (χ4n) is 4.12. The number of benzene rings is 1. The lowest BCUT2D eigenvalue weighted by Crippen LogP contribution is -2.43. The Hall–Kier alpha value is -2.67. The van der Waals surface area contributed by atoms with Crippen molar-refractivity contribution in [3.8, 4) is 0 Å². The maximum absolute atomic E-state index is 12.9. The highest BCUT2D eigenvalue weighted by Gasteiger charge is 2.49. The molecule has 2 aliphatic rings. The number of hydrogen-bond acceptors (Lipinski definition) is 4. The van der Waals surface area contributed by atoms with Crippen LogP contribution in [0.3, 0.4) is 0 Å². The molecule has 1 aliphatic heterocycles. The van der Waals surface area contributed by atoms with Crippen molar-refractivity contribution < 1.29 is 14.4 Å². The lowest BCUT2D eigenvalue weighted by molar-refractivity contribution is -0.135. The Morgan fingerprint density at radius 1 is 1.24 bits per heavy atom. The summed E-state index contributed by atoms with van der Waals surface area (Å²) in [7, 11) is 0. The van der Waals surface area contributed by atoms with E-state index in [0.29, 0.717) is 0 Å². The number of aryl methyl sites for hydroxylation is 2. The van der Waals surface area contributed by atoms with Gasteiger partial charge in [0.2, 0.25) is 5.91 Å². The maximum Gasteiger partial charge on any atom is 0.325 e. The van der Waals surface area contributed by atoms with Crippen LogP contribution < -0.4 is 10.6 Å². The summed E-state index contributed by atoms with van der Waals surface area (Å²) in [6, 6.07) is 7.44. The van der Waals surface area contributed by atoms with Gasteiger partial charge in [-0.2, -0.15) is 11.3 Å². The maximum atomic E-state index is 12.9. The van der Waals surface area contributed by atoms with Gasteiger partial charge in [-0.1, -0.05) is 18.2 Å². The molecule has 0 radical (unpaired) electrons. The van der Waals surface area contributed by atoms with Gasteiger partial charge in [0.1, 0.15) is 12.1 Å². The molecule has 1 aromatic heterocycles. The van der Waals surface area contributed by atoms with Crippen LogP contribution in [0.2, 0.25) is 0 Å². The predicted molar refractivity (Wildman–Crippen MR) is 112 cm³/mol. The monoisotopic (exact) mass is 411 g/mol. The van der Waals surface area contributed by atoms with Gasteiger partial charge in [-0.3, -0.25) is 14.5 Å². The van der Waals surface area contributed by atoms with E-state index < -0.39 is 17.5 Å². The fourth-order valence-corrected chi connectivity index (χ4v) is 4.89. The van der Waals surface area contributed by atoms with Gasteiger partial charge in [-0.05, 0) is 78.6 Å². The molecule has 152 valence electrons. The fraction of sp³-hybridized carbons (Fsp3) is 0.409. The standard InChI is InChI=1S/C22H25N3O3S/c1-14(16-8-7-15-5-3-4-6-17(15)11-16)23-19(26)12-25-20(27)22(2,24-21(25)28)18-9-10-29-13-18/h7-11,13-14H,3-6,12H2,1-2H3,(H,23,26)(H,24,28). The van der Waals surface area contributed by atoms with Gasteiger partial charge in [0.25, 0.3) is 5.91 Å². The van der Waals surface area contributed by atoms with E-state index in [0.717, 1.165) is 28.9 Å². The molecule has 7 heteroatoms. The molecule has 29 heavy (non-hydrogen) atoms. The first-order chi connectivity index (χ1) is 13.9. The molecule has 2 unspecified atom stereocenters. The van der Waals surface area contributed by atoms with E-state index in [2.05, 4.69) is 28.8 Å². The molecule has 1 saturated heterocycles. The van der Waals surface area contributed by atoms with Crippen LogP contribution in [0.4, 0.5) is 4.79 Å². The zero-order valence-corrected chi connectivity index (χ0v) is 17.5. The Morgan fingerprint density at radius 3 is 2.72 bits per heavy atom. The van der Waals surface area contributed by atoms with Gasteiger partial charge in [-0.25, -0.2) is 4.79 Å². The Morgan fingerprint density at radius 2 is 2.00 bits per heavy atom. The van der Waals surface area contributed by atoms with Crippen LogP contribution in [0.25, 0.3) is 0 Å². The lowest BCUT2D eigenvalue weighted by atomic mass is 9.89. The minimum absolute atomic E-state index is 0.196. The Kier molecular flexibility index (Phi) is 5.17. The van der Waals surface area contributed by atoms with Crippen molar-refractivity contribution in [1.29, 1.82) is 0 Å². The van der Waals surface area contributed by atoms with Crippen molar-refractivity contribution in [3.05, 3.63) is 57.3 Å². The van der Waals surface area contributed by atoms with E-state index in [9.17, 15) is 14.4 Å². The van der Waals surface area contributed by atoms with E-state index in [1.54, 1.807) is 6.92 Å². The van der Waals surface area contributed by atoms with Gasteiger partial charge >= 0.3 is 6.03 Å². The number of hydrogen-bond donors (Lipinski definition) is 2. The topological polar surface area (TPSA) is 78.5 Å². The molecule has 6 nitrogen and oxygen atoms in total. The summed E-state index contributed by atoms with van der Waals surface area (Å²) in [6.45, 7) is 3.30. The van der Waals surface area contributed by atoms with E-state index in [4.69, 9.17) is 0 Å². The van der Waals surface area contributed by atoms with Crippen LogP contribution in [0.5, 0.6) is 0 Å².